The van der Waals surface area contributed by atoms with E-state index >= 15 is 0 Å². The number of aromatic nitrogens is 1. The second kappa shape index (κ2) is 7.24. The van der Waals surface area contributed by atoms with Crippen LogP contribution in [0.15, 0.2) is 69.7 Å². The number of halogens is 1. The maximum Gasteiger partial charge on any atom is 0.311 e. The molecular weight excluding hydrogens is 358 g/mol. The van der Waals surface area contributed by atoms with Gasteiger partial charge in [-0.05, 0) is 24.3 Å². The normalized spacial score (nSPS) is 10.5. The van der Waals surface area contributed by atoms with Gasteiger partial charge in [-0.1, -0.05) is 46.3 Å². The molecule has 2 aromatic carbocycles. The monoisotopic (exact) mass is 371 g/mol. The van der Waals surface area contributed by atoms with E-state index in [1.165, 1.54) is 0 Å². The number of esters is 1. The van der Waals surface area contributed by atoms with Crippen molar-refractivity contribution in [2.24, 2.45) is 0 Å². The molecule has 0 aliphatic carbocycles. The maximum atomic E-state index is 11.8. The van der Waals surface area contributed by atoms with Gasteiger partial charge < -0.3 is 9.15 Å². The van der Waals surface area contributed by atoms with Gasteiger partial charge in [0.05, 0.1) is 12.6 Å². The van der Waals surface area contributed by atoms with Crippen molar-refractivity contribution in [2.75, 3.05) is 0 Å². The molecule has 4 nitrogen and oxygen atoms in total. The minimum Gasteiger partial charge on any atom is -0.441 e. The lowest BCUT2D eigenvalue weighted by molar-refractivity contribution is -0.134. The van der Waals surface area contributed by atoms with Gasteiger partial charge in [-0.15, -0.1) is 0 Å². The number of nitrogens with zero attached hydrogens (tertiary/aromatic N) is 1. The molecule has 5 heteroatoms. The topological polar surface area (TPSA) is 52.3 Å². The molecule has 3 rings (SSSR count). The molecule has 0 aliphatic heterocycles. The van der Waals surface area contributed by atoms with Crippen LogP contribution in [0.1, 0.15) is 12.3 Å². The van der Waals surface area contributed by atoms with E-state index in [1.807, 2.05) is 42.5 Å². The summed E-state index contributed by atoms with van der Waals surface area (Å²) in [6.07, 6.45) is 2.29. The molecular formula is C18H14BrNO3. The Bertz CT molecular complexity index is 782. The highest BCUT2D eigenvalue weighted by Gasteiger charge is 2.10. The predicted molar refractivity (Wildman–Crippen MR) is 90.0 cm³/mol. The zero-order valence-electron chi connectivity index (χ0n) is 12.2. The van der Waals surface area contributed by atoms with Crippen molar-refractivity contribution < 1.29 is 13.9 Å². The summed E-state index contributed by atoms with van der Waals surface area (Å²) in [5.41, 5.74) is 0.962. The van der Waals surface area contributed by atoms with E-state index in [2.05, 4.69) is 20.9 Å². The molecule has 3 aromatic rings. The van der Waals surface area contributed by atoms with Gasteiger partial charge in [-0.25, -0.2) is 4.98 Å². The minimum atomic E-state index is -0.313. The van der Waals surface area contributed by atoms with Crippen LogP contribution in [-0.2, 0) is 11.2 Å². The largest absolute Gasteiger partial charge is 0.441 e. The Hall–Kier alpha value is -2.40. The lowest BCUT2D eigenvalue weighted by Crippen LogP contribution is -2.09. The van der Waals surface area contributed by atoms with Gasteiger partial charge in [0.25, 0.3) is 0 Å². The molecule has 0 amide bonds. The Morgan fingerprint density at radius 2 is 1.83 bits per heavy atom. The maximum absolute atomic E-state index is 11.8. The molecule has 0 atom stereocenters. The minimum absolute atomic E-state index is 0.213. The number of carbonyl (C=O) groups excluding carboxylic acids is 1. The van der Waals surface area contributed by atoms with Crippen LogP contribution in [-0.4, -0.2) is 11.0 Å². The van der Waals surface area contributed by atoms with Crippen LogP contribution >= 0.6 is 15.9 Å². The van der Waals surface area contributed by atoms with Gasteiger partial charge in [0, 0.05) is 16.5 Å². The van der Waals surface area contributed by atoms with Gasteiger partial charge in [0.1, 0.15) is 5.75 Å². The second-order valence-electron chi connectivity index (χ2n) is 4.91. The van der Waals surface area contributed by atoms with Crippen molar-refractivity contribution in [3.8, 4) is 17.1 Å². The Labute approximate surface area is 142 Å². The third kappa shape index (κ3) is 4.29. The summed E-state index contributed by atoms with van der Waals surface area (Å²) in [6, 6.07) is 16.8. The van der Waals surface area contributed by atoms with Crippen LogP contribution < -0.4 is 4.74 Å². The highest BCUT2D eigenvalue weighted by Crippen LogP contribution is 2.21. The first-order chi connectivity index (χ1) is 11.2. The third-order valence-electron chi connectivity index (χ3n) is 3.20. The third-order valence-corrected chi connectivity index (χ3v) is 3.73. The van der Waals surface area contributed by atoms with E-state index < -0.39 is 0 Å². The first-order valence-electron chi connectivity index (χ1n) is 7.17. The number of hydrogen-bond acceptors (Lipinski definition) is 4. The number of oxazole rings is 1. The highest BCUT2D eigenvalue weighted by molar-refractivity contribution is 9.10. The van der Waals surface area contributed by atoms with Crippen LogP contribution in [0, 0.1) is 0 Å². The number of aryl methyl sites for hydroxylation is 1. The van der Waals surface area contributed by atoms with Crippen LogP contribution in [0.5, 0.6) is 5.75 Å². The average molecular weight is 372 g/mol. The van der Waals surface area contributed by atoms with Crippen molar-refractivity contribution in [1.82, 2.24) is 4.98 Å². The molecule has 23 heavy (non-hydrogen) atoms. The summed E-state index contributed by atoms with van der Waals surface area (Å²) >= 11 is 3.33. The highest BCUT2D eigenvalue weighted by atomic mass is 79.9. The number of benzene rings is 2. The van der Waals surface area contributed by atoms with E-state index in [4.69, 9.17) is 9.15 Å². The molecule has 0 fully saturated rings. The molecule has 1 heterocycles. The van der Waals surface area contributed by atoms with E-state index in [9.17, 15) is 4.79 Å². The average Bonchev–Trinajstić information content (AvgIpc) is 3.05. The molecule has 0 radical (unpaired) electrons. The number of ether oxygens (including phenoxy) is 1. The fourth-order valence-electron chi connectivity index (χ4n) is 2.06. The standard InChI is InChI=1S/C18H14BrNO3/c19-14-6-8-15(9-7-14)22-18(21)11-10-17-20-12-16(23-17)13-4-2-1-3-5-13/h1-9,12H,10-11H2. The Kier molecular flexibility index (Phi) is 4.88. The van der Waals surface area contributed by atoms with Crippen molar-refractivity contribution in [3.05, 3.63) is 71.2 Å². The SMILES string of the molecule is O=C(CCc1ncc(-c2ccccc2)o1)Oc1ccc(Br)cc1. The van der Waals surface area contributed by atoms with E-state index in [-0.39, 0.29) is 12.4 Å². The summed E-state index contributed by atoms with van der Waals surface area (Å²) in [4.78, 5) is 16.0. The molecule has 0 spiro atoms. The molecule has 0 aliphatic rings. The summed E-state index contributed by atoms with van der Waals surface area (Å²) in [5, 5.41) is 0. The van der Waals surface area contributed by atoms with Crippen molar-refractivity contribution in [3.63, 3.8) is 0 Å². The molecule has 0 saturated carbocycles. The lowest BCUT2D eigenvalue weighted by atomic mass is 10.2. The Morgan fingerprint density at radius 1 is 1.09 bits per heavy atom. The number of carbonyl (C=O) groups is 1. The zero-order valence-corrected chi connectivity index (χ0v) is 13.8. The second-order valence-corrected chi connectivity index (χ2v) is 5.83. The van der Waals surface area contributed by atoms with Gasteiger partial charge in [-0.3, -0.25) is 4.79 Å². The molecule has 0 bridgehead atoms. The smallest absolute Gasteiger partial charge is 0.311 e. The van der Waals surface area contributed by atoms with Crippen LogP contribution in [0.3, 0.4) is 0 Å². The number of rotatable bonds is 5. The quantitative estimate of drug-likeness (QED) is 0.484. The Balaban J connectivity index is 1.55. The van der Waals surface area contributed by atoms with Gasteiger partial charge in [-0.2, -0.15) is 0 Å². The Morgan fingerprint density at radius 3 is 2.57 bits per heavy atom. The van der Waals surface area contributed by atoms with E-state index in [0.29, 0.717) is 23.8 Å². The fourth-order valence-corrected chi connectivity index (χ4v) is 2.32. The summed E-state index contributed by atoms with van der Waals surface area (Å²) < 4.78 is 11.8. The molecule has 0 saturated heterocycles. The zero-order chi connectivity index (χ0) is 16.1. The van der Waals surface area contributed by atoms with Crippen LogP contribution in [0.2, 0.25) is 0 Å². The van der Waals surface area contributed by atoms with Crippen molar-refractivity contribution in [1.29, 1.82) is 0 Å². The first kappa shape index (κ1) is 15.5. The van der Waals surface area contributed by atoms with Crippen LogP contribution in [0.4, 0.5) is 0 Å². The van der Waals surface area contributed by atoms with Crippen molar-refractivity contribution in [2.45, 2.75) is 12.8 Å². The first-order valence-corrected chi connectivity index (χ1v) is 7.96. The van der Waals surface area contributed by atoms with Crippen molar-refractivity contribution >= 4 is 21.9 Å². The summed E-state index contributed by atoms with van der Waals surface area (Å²) in [5.74, 6) is 1.43. The molecule has 0 N–H and O–H groups in total. The van der Waals surface area contributed by atoms with Crippen LogP contribution in [0.25, 0.3) is 11.3 Å². The van der Waals surface area contributed by atoms with Gasteiger partial charge >= 0.3 is 5.97 Å². The molecule has 116 valence electrons. The fraction of sp³-hybridized carbons (Fsp3) is 0.111. The van der Waals surface area contributed by atoms with E-state index in [1.54, 1.807) is 18.3 Å². The van der Waals surface area contributed by atoms with Gasteiger partial charge in [0.15, 0.2) is 11.7 Å². The van der Waals surface area contributed by atoms with Gasteiger partial charge in [0.2, 0.25) is 0 Å². The molecule has 1 aromatic heterocycles. The number of hydrogen-bond donors (Lipinski definition) is 0. The lowest BCUT2D eigenvalue weighted by Gasteiger charge is -2.03. The van der Waals surface area contributed by atoms with E-state index in [0.717, 1.165) is 10.0 Å². The molecule has 0 unspecified atom stereocenters. The summed E-state index contributed by atoms with van der Waals surface area (Å²) in [6.45, 7) is 0. The summed E-state index contributed by atoms with van der Waals surface area (Å²) in [7, 11) is 0. The predicted octanol–water partition coefficient (Wildman–Crippen LogP) is 4.64.